The van der Waals surface area contributed by atoms with E-state index >= 15 is 0 Å². The minimum atomic E-state index is -3.67. The second kappa shape index (κ2) is 8.90. The highest BCUT2D eigenvalue weighted by Gasteiger charge is 2.27. The molecule has 0 spiro atoms. The maximum atomic E-state index is 12.8. The highest BCUT2D eigenvalue weighted by molar-refractivity contribution is 7.89. The predicted octanol–water partition coefficient (Wildman–Crippen LogP) is 3.65. The van der Waals surface area contributed by atoms with Gasteiger partial charge in [0.1, 0.15) is 0 Å². The Morgan fingerprint density at radius 2 is 1.85 bits per heavy atom. The molecule has 0 radical (unpaired) electrons. The third-order valence-corrected chi connectivity index (χ3v) is 6.81. The van der Waals surface area contributed by atoms with Crippen molar-refractivity contribution in [3.8, 4) is 0 Å². The number of aryl methyl sites for hydroxylation is 1. The van der Waals surface area contributed by atoms with Crippen LogP contribution in [0.25, 0.3) is 0 Å². The SMILES string of the molecule is Cc1cc(Cl)ccc1S(=O)(=O)NCC(c1ccccc1Cl)N1CCOCC1. The van der Waals surface area contributed by atoms with E-state index in [0.717, 1.165) is 18.7 Å². The number of hydrogen-bond acceptors (Lipinski definition) is 4. The Balaban J connectivity index is 1.85. The van der Waals surface area contributed by atoms with Crippen molar-refractivity contribution >= 4 is 33.2 Å². The molecule has 0 saturated carbocycles. The first kappa shape index (κ1) is 20.6. The molecule has 2 aromatic rings. The quantitative estimate of drug-likeness (QED) is 0.762. The Morgan fingerprint density at radius 3 is 2.52 bits per heavy atom. The molecule has 5 nitrogen and oxygen atoms in total. The fourth-order valence-corrected chi connectivity index (χ4v) is 5.00. The number of nitrogens with one attached hydrogen (secondary N) is 1. The molecule has 1 fully saturated rings. The van der Waals surface area contributed by atoms with Crippen LogP contribution in [-0.2, 0) is 14.8 Å². The summed E-state index contributed by atoms with van der Waals surface area (Å²) in [5.41, 5.74) is 1.51. The smallest absolute Gasteiger partial charge is 0.240 e. The maximum Gasteiger partial charge on any atom is 0.240 e. The molecule has 3 rings (SSSR count). The number of benzene rings is 2. The van der Waals surface area contributed by atoms with Gasteiger partial charge in [-0.15, -0.1) is 0 Å². The zero-order valence-corrected chi connectivity index (χ0v) is 17.3. The fourth-order valence-electron chi connectivity index (χ4n) is 3.25. The lowest BCUT2D eigenvalue weighted by Crippen LogP contribution is -2.44. The Labute approximate surface area is 170 Å². The van der Waals surface area contributed by atoms with Crippen LogP contribution in [0.5, 0.6) is 0 Å². The van der Waals surface area contributed by atoms with Crippen molar-refractivity contribution in [3.05, 3.63) is 63.6 Å². The molecule has 1 aliphatic heterocycles. The number of sulfonamides is 1. The first-order valence-electron chi connectivity index (χ1n) is 8.70. The molecule has 8 heteroatoms. The summed E-state index contributed by atoms with van der Waals surface area (Å²) in [6, 6.07) is 12.1. The van der Waals surface area contributed by atoms with Crippen molar-refractivity contribution in [2.24, 2.45) is 0 Å². The van der Waals surface area contributed by atoms with Crippen molar-refractivity contribution in [2.75, 3.05) is 32.8 Å². The van der Waals surface area contributed by atoms with Crippen LogP contribution in [-0.4, -0.2) is 46.2 Å². The van der Waals surface area contributed by atoms with Crippen molar-refractivity contribution in [3.63, 3.8) is 0 Å². The topological polar surface area (TPSA) is 58.6 Å². The summed E-state index contributed by atoms with van der Waals surface area (Å²) in [6.45, 7) is 4.62. The summed E-state index contributed by atoms with van der Waals surface area (Å²) >= 11 is 12.3. The molecule has 1 heterocycles. The van der Waals surface area contributed by atoms with Crippen LogP contribution in [0.1, 0.15) is 17.2 Å². The predicted molar refractivity (Wildman–Crippen MR) is 108 cm³/mol. The average molecular weight is 429 g/mol. The van der Waals surface area contributed by atoms with Crippen LogP contribution in [0.4, 0.5) is 0 Å². The minimum Gasteiger partial charge on any atom is -0.379 e. The van der Waals surface area contributed by atoms with Crippen LogP contribution in [0.2, 0.25) is 10.0 Å². The van der Waals surface area contributed by atoms with Crippen molar-refractivity contribution in [1.82, 2.24) is 9.62 Å². The Kier molecular flexibility index (Phi) is 6.78. The maximum absolute atomic E-state index is 12.8. The summed E-state index contributed by atoms with van der Waals surface area (Å²) in [5.74, 6) is 0. The molecule has 0 aliphatic carbocycles. The van der Waals surface area contributed by atoms with Crippen LogP contribution < -0.4 is 4.72 Å². The standard InChI is InChI=1S/C19H22Cl2N2O3S/c1-14-12-15(20)6-7-19(14)27(24,25)22-13-18(23-8-10-26-11-9-23)16-4-2-3-5-17(16)21/h2-7,12,18,22H,8-11,13H2,1H3. The molecule has 2 aromatic carbocycles. The number of morpholine rings is 1. The molecule has 1 atom stereocenters. The average Bonchev–Trinajstić information content (AvgIpc) is 2.64. The molecule has 1 aliphatic rings. The van der Waals surface area contributed by atoms with Crippen LogP contribution in [0.3, 0.4) is 0 Å². The lowest BCUT2D eigenvalue weighted by atomic mass is 10.0. The Hall–Kier alpha value is -1.15. The first-order valence-corrected chi connectivity index (χ1v) is 10.9. The van der Waals surface area contributed by atoms with Gasteiger partial charge in [-0.2, -0.15) is 0 Å². The Morgan fingerprint density at radius 1 is 1.15 bits per heavy atom. The van der Waals surface area contributed by atoms with Gasteiger partial charge in [0.15, 0.2) is 0 Å². The van der Waals surface area contributed by atoms with E-state index in [1.54, 1.807) is 19.1 Å². The summed E-state index contributed by atoms with van der Waals surface area (Å²) < 4.78 is 33.9. The van der Waals surface area contributed by atoms with Crippen LogP contribution in [0, 0.1) is 6.92 Å². The number of hydrogen-bond donors (Lipinski definition) is 1. The van der Waals surface area contributed by atoms with Gasteiger partial charge in [-0.05, 0) is 42.3 Å². The number of ether oxygens (including phenoxy) is 1. The second-order valence-electron chi connectivity index (χ2n) is 6.45. The van der Waals surface area contributed by atoms with Gasteiger partial charge in [-0.25, -0.2) is 13.1 Å². The number of rotatable bonds is 6. The fraction of sp³-hybridized carbons (Fsp3) is 0.368. The highest BCUT2D eigenvalue weighted by Crippen LogP contribution is 2.28. The van der Waals surface area contributed by atoms with E-state index < -0.39 is 10.0 Å². The lowest BCUT2D eigenvalue weighted by Gasteiger charge is -2.35. The zero-order valence-electron chi connectivity index (χ0n) is 15.0. The van der Waals surface area contributed by atoms with E-state index in [-0.39, 0.29) is 17.5 Å². The minimum absolute atomic E-state index is 0.176. The molecular weight excluding hydrogens is 407 g/mol. The molecule has 1 saturated heterocycles. The van der Waals surface area contributed by atoms with E-state index in [1.165, 1.54) is 6.07 Å². The summed E-state index contributed by atoms with van der Waals surface area (Å²) in [6.07, 6.45) is 0. The molecule has 0 bridgehead atoms. The first-order chi connectivity index (χ1) is 12.9. The molecule has 1 N–H and O–H groups in total. The van der Waals surface area contributed by atoms with Crippen LogP contribution in [0.15, 0.2) is 47.4 Å². The normalized spacial score (nSPS) is 17.0. The highest BCUT2D eigenvalue weighted by atomic mass is 35.5. The van der Waals surface area contributed by atoms with Crippen LogP contribution >= 0.6 is 23.2 Å². The van der Waals surface area contributed by atoms with Gasteiger partial charge in [-0.3, -0.25) is 4.90 Å². The summed E-state index contributed by atoms with van der Waals surface area (Å²) in [4.78, 5) is 2.42. The summed E-state index contributed by atoms with van der Waals surface area (Å²) in [5, 5.41) is 1.13. The second-order valence-corrected chi connectivity index (χ2v) is 9.03. The zero-order chi connectivity index (χ0) is 19.4. The molecule has 1 unspecified atom stereocenters. The van der Waals surface area contributed by atoms with Gasteiger partial charge in [0.05, 0.1) is 18.1 Å². The van der Waals surface area contributed by atoms with Gasteiger partial charge in [-0.1, -0.05) is 41.4 Å². The van der Waals surface area contributed by atoms with E-state index in [4.69, 9.17) is 27.9 Å². The third kappa shape index (κ3) is 5.02. The lowest BCUT2D eigenvalue weighted by molar-refractivity contribution is 0.0172. The van der Waals surface area contributed by atoms with E-state index in [1.807, 2.05) is 24.3 Å². The van der Waals surface area contributed by atoms with Gasteiger partial charge >= 0.3 is 0 Å². The summed E-state index contributed by atoms with van der Waals surface area (Å²) in [7, 11) is -3.67. The van der Waals surface area contributed by atoms with E-state index in [2.05, 4.69) is 9.62 Å². The monoisotopic (exact) mass is 428 g/mol. The van der Waals surface area contributed by atoms with Gasteiger partial charge < -0.3 is 4.74 Å². The van der Waals surface area contributed by atoms with Crippen molar-refractivity contribution in [1.29, 1.82) is 0 Å². The molecule has 146 valence electrons. The third-order valence-electron chi connectivity index (χ3n) is 4.64. The van der Waals surface area contributed by atoms with Crippen molar-refractivity contribution < 1.29 is 13.2 Å². The molecule has 0 aromatic heterocycles. The van der Waals surface area contributed by atoms with E-state index in [0.29, 0.717) is 28.8 Å². The van der Waals surface area contributed by atoms with Gasteiger partial charge in [0.2, 0.25) is 10.0 Å². The largest absolute Gasteiger partial charge is 0.379 e. The molecular formula is C19H22Cl2N2O3S. The number of halogens is 2. The molecule has 0 amide bonds. The van der Waals surface area contributed by atoms with Gasteiger partial charge in [0.25, 0.3) is 0 Å². The number of nitrogens with zero attached hydrogens (tertiary/aromatic N) is 1. The molecule has 27 heavy (non-hydrogen) atoms. The van der Waals surface area contributed by atoms with Crippen molar-refractivity contribution in [2.45, 2.75) is 17.9 Å². The van der Waals surface area contributed by atoms with Gasteiger partial charge in [0, 0.05) is 35.7 Å². The van der Waals surface area contributed by atoms with E-state index in [9.17, 15) is 8.42 Å². The Bertz CT molecular complexity index is 900.